The van der Waals surface area contributed by atoms with E-state index in [1.165, 1.54) is 62.5 Å². The number of nitrogens with zero attached hydrogens (tertiary/aromatic N) is 2. The van der Waals surface area contributed by atoms with Crippen LogP contribution in [-0.2, 0) is 14.6 Å². The highest BCUT2D eigenvalue weighted by molar-refractivity contribution is 7.91. The van der Waals surface area contributed by atoms with Gasteiger partial charge in [-0.25, -0.2) is 13.2 Å². The number of fused-ring (bicyclic) bond motifs is 7. The molecule has 5 aliphatic rings. The van der Waals surface area contributed by atoms with Gasteiger partial charge < -0.3 is 25.0 Å². The number of ether oxygens (including phenoxy) is 1. The summed E-state index contributed by atoms with van der Waals surface area (Å²) in [7, 11) is 5.00. The summed E-state index contributed by atoms with van der Waals surface area (Å²) in [6.45, 7) is 16.7. The molecule has 8 nitrogen and oxygen atoms in total. The molecule has 0 radical (unpaired) electrons. The van der Waals surface area contributed by atoms with Gasteiger partial charge in [0.2, 0.25) is 0 Å². The van der Waals surface area contributed by atoms with Gasteiger partial charge in [-0.15, -0.1) is 0 Å². The van der Waals surface area contributed by atoms with Gasteiger partial charge in [0.1, 0.15) is 0 Å². The number of benzene rings is 1. The van der Waals surface area contributed by atoms with Gasteiger partial charge in [-0.2, -0.15) is 0 Å². The summed E-state index contributed by atoms with van der Waals surface area (Å²) in [6.07, 6.45) is 13.8. The van der Waals surface area contributed by atoms with Crippen LogP contribution in [-0.4, -0.2) is 107 Å². The van der Waals surface area contributed by atoms with Crippen LogP contribution in [0.2, 0.25) is 0 Å². The van der Waals surface area contributed by atoms with Gasteiger partial charge in [0.15, 0.2) is 9.84 Å². The quantitative estimate of drug-likeness (QED) is 0.204. The number of hydrogen-bond acceptors (Lipinski definition) is 7. The lowest BCUT2D eigenvalue weighted by atomic mass is 9.33. The molecular weight excluding hydrogens is 683 g/mol. The molecule has 298 valence electrons. The summed E-state index contributed by atoms with van der Waals surface area (Å²) in [4.78, 5) is 16.2. The number of carbonyl (C=O) groups is 1. The third kappa shape index (κ3) is 7.21. The Kier molecular flexibility index (Phi) is 11.5. The number of nitrogens with one attached hydrogen (secondary N) is 1. The molecule has 6 rings (SSSR count). The number of carboxylic acids is 1. The van der Waals surface area contributed by atoms with Crippen molar-refractivity contribution in [3.63, 3.8) is 0 Å². The van der Waals surface area contributed by atoms with Crippen LogP contribution in [0.25, 0.3) is 5.57 Å². The number of carboxylic acid groups (broad SMARTS) is 1. The molecule has 2 N–H and O–H groups in total. The number of aromatic carboxylic acids is 1. The average Bonchev–Trinajstić information content (AvgIpc) is 3.44. The molecule has 0 aliphatic heterocycles. The summed E-state index contributed by atoms with van der Waals surface area (Å²) in [5, 5.41) is 13.7. The maximum atomic E-state index is 12.5. The van der Waals surface area contributed by atoms with Crippen LogP contribution in [0.15, 0.2) is 30.3 Å². The van der Waals surface area contributed by atoms with Gasteiger partial charge in [-0.05, 0) is 153 Å². The fourth-order valence-electron chi connectivity index (χ4n) is 13.8. The van der Waals surface area contributed by atoms with Crippen molar-refractivity contribution in [2.24, 2.45) is 51.2 Å². The third-order valence-electron chi connectivity index (χ3n) is 16.5. The zero-order valence-corrected chi connectivity index (χ0v) is 35.3. The minimum atomic E-state index is -3.11. The van der Waals surface area contributed by atoms with Crippen molar-refractivity contribution in [1.29, 1.82) is 0 Å². The van der Waals surface area contributed by atoms with E-state index in [0.29, 0.717) is 41.7 Å². The molecule has 9 heteroatoms. The Morgan fingerprint density at radius 2 is 1.60 bits per heavy atom. The Balaban J connectivity index is 1.22. The van der Waals surface area contributed by atoms with E-state index in [1.54, 1.807) is 19.2 Å². The molecule has 4 saturated carbocycles. The van der Waals surface area contributed by atoms with Crippen LogP contribution < -0.4 is 5.32 Å². The third-order valence-corrected chi connectivity index (χ3v) is 18.1. The predicted octanol–water partition coefficient (Wildman–Crippen LogP) is 7.36. The van der Waals surface area contributed by atoms with Gasteiger partial charge in [0.05, 0.1) is 23.7 Å². The fourth-order valence-corrected chi connectivity index (χ4v) is 15.0. The number of hydrogen-bond donors (Lipinski definition) is 2. The second-order valence-corrected chi connectivity index (χ2v) is 22.0. The number of likely N-dealkylation sites (N-methyl/N-ethyl adjacent to an activating group) is 1. The first-order valence-electron chi connectivity index (χ1n) is 20.7. The first kappa shape index (κ1) is 40.9. The SMILES string of the molecule is COCCS(=O)(=O)CCN(C)CCNC12CCC(CN(C)C)C1C1CCC3C4(C)CC=C(c5ccc(C(=O)O)cc5)C(C)(C)C4CCC3(C)C1(C)CC2. The highest BCUT2D eigenvalue weighted by Crippen LogP contribution is 2.76. The van der Waals surface area contributed by atoms with Gasteiger partial charge in [0, 0.05) is 38.8 Å². The smallest absolute Gasteiger partial charge is 0.335 e. The van der Waals surface area contributed by atoms with E-state index in [1.807, 2.05) is 12.1 Å². The molecule has 0 amide bonds. The second kappa shape index (κ2) is 14.9. The van der Waals surface area contributed by atoms with Crippen molar-refractivity contribution in [3.05, 3.63) is 41.5 Å². The molecule has 4 fully saturated rings. The number of rotatable bonds is 14. The highest BCUT2D eigenvalue weighted by Gasteiger charge is 2.70. The molecule has 53 heavy (non-hydrogen) atoms. The summed E-state index contributed by atoms with van der Waals surface area (Å²) < 4.78 is 29.9. The van der Waals surface area contributed by atoms with E-state index in [9.17, 15) is 18.3 Å². The van der Waals surface area contributed by atoms with E-state index in [0.717, 1.165) is 26.1 Å². The Hall–Kier alpha value is -1.78. The maximum absolute atomic E-state index is 12.5. The Morgan fingerprint density at radius 3 is 2.26 bits per heavy atom. The first-order chi connectivity index (χ1) is 24.8. The van der Waals surface area contributed by atoms with Gasteiger partial charge in [0.25, 0.3) is 0 Å². The molecule has 0 heterocycles. The standard InChI is InChI=1S/C44H71N3O5S/c1-40(2)34(31-10-12-32(13-11-31)39(48)49)17-19-41(3)36(40)18-20-43(5)37(41)15-14-35-38-33(30-46(6)7)16-21-44(38,23-22-42(35,43)4)45-24-25-47(8)26-28-53(50,51)29-27-52-9/h10-13,17,33,35-38,45H,14-16,18-30H2,1-9H3,(H,48,49). The van der Waals surface area contributed by atoms with Crippen molar-refractivity contribution in [1.82, 2.24) is 15.1 Å². The van der Waals surface area contributed by atoms with Crippen molar-refractivity contribution >= 4 is 21.4 Å². The summed E-state index contributed by atoms with van der Waals surface area (Å²) >= 11 is 0. The molecule has 0 bridgehead atoms. The van der Waals surface area contributed by atoms with Crippen molar-refractivity contribution < 1.29 is 23.1 Å². The molecule has 1 aromatic carbocycles. The van der Waals surface area contributed by atoms with Crippen molar-refractivity contribution in [2.75, 3.05) is 72.5 Å². The van der Waals surface area contributed by atoms with Crippen LogP contribution in [0.5, 0.6) is 0 Å². The Morgan fingerprint density at radius 1 is 0.887 bits per heavy atom. The van der Waals surface area contributed by atoms with Gasteiger partial charge >= 0.3 is 5.97 Å². The lowest BCUT2D eigenvalue weighted by Crippen LogP contribution is -2.68. The van der Waals surface area contributed by atoms with Crippen LogP contribution in [0, 0.1) is 51.2 Å². The van der Waals surface area contributed by atoms with Crippen LogP contribution in [0.3, 0.4) is 0 Å². The topological polar surface area (TPSA) is 99.2 Å². The Labute approximate surface area is 321 Å². The molecule has 0 aromatic heterocycles. The summed E-state index contributed by atoms with van der Waals surface area (Å²) in [6, 6.07) is 7.59. The monoisotopic (exact) mass is 754 g/mol. The van der Waals surface area contributed by atoms with E-state index in [-0.39, 0.29) is 45.3 Å². The molecule has 5 aliphatic carbocycles. The van der Waals surface area contributed by atoms with Crippen LogP contribution >= 0.6 is 0 Å². The lowest BCUT2D eigenvalue weighted by Gasteiger charge is -2.72. The molecule has 1 aromatic rings. The van der Waals surface area contributed by atoms with E-state index < -0.39 is 15.8 Å². The molecule has 0 spiro atoms. The first-order valence-corrected chi connectivity index (χ1v) is 22.5. The summed E-state index contributed by atoms with van der Waals surface area (Å²) in [5.41, 5.74) is 3.86. The molecule has 9 atom stereocenters. The second-order valence-electron chi connectivity index (χ2n) is 19.7. The zero-order chi connectivity index (χ0) is 38.6. The zero-order valence-electron chi connectivity index (χ0n) is 34.5. The summed E-state index contributed by atoms with van der Waals surface area (Å²) in [5.74, 6) is 2.68. The highest BCUT2D eigenvalue weighted by atomic mass is 32.2. The Bertz CT molecular complexity index is 1630. The minimum absolute atomic E-state index is 0.00594. The van der Waals surface area contributed by atoms with Crippen molar-refractivity contribution in [3.8, 4) is 0 Å². The molecular formula is C44H71N3O5S. The van der Waals surface area contributed by atoms with Crippen LogP contribution in [0.4, 0.5) is 0 Å². The lowest BCUT2D eigenvalue weighted by molar-refractivity contribution is -0.220. The largest absolute Gasteiger partial charge is 0.478 e. The van der Waals surface area contributed by atoms with E-state index in [2.05, 4.69) is 77.0 Å². The number of allylic oxidation sites excluding steroid dienone is 2. The van der Waals surface area contributed by atoms with Crippen LogP contribution in [0.1, 0.15) is 108 Å². The fraction of sp³-hybridized carbons (Fsp3) is 0.795. The normalized spacial score (nSPS) is 37.8. The van der Waals surface area contributed by atoms with Crippen molar-refractivity contribution in [2.45, 2.75) is 97.9 Å². The van der Waals surface area contributed by atoms with E-state index in [4.69, 9.17) is 4.74 Å². The molecule has 0 saturated heterocycles. The number of methoxy groups -OCH3 is 1. The maximum Gasteiger partial charge on any atom is 0.335 e. The molecule has 9 unspecified atom stereocenters. The minimum Gasteiger partial charge on any atom is -0.478 e. The van der Waals surface area contributed by atoms with Gasteiger partial charge in [-0.1, -0.05) is 52.8 Å². The predicted molar refractivity (Wildman–Crippen MR) is 216 cm³/mol. The van der Waals surface area contributed by atoms with E-state index >= 15 is 0 Å². The number of sulfone groups is 1. The van der Waals surface area contributed by atoms with Gasteiger partial charge in [-0.3, -0.25) is 0 Å². The average molecular weight is 754 g/mol.